The lowest BCUT2D eigenvalue weighted by molar-refractivity contribution is -0.103. The number of aromatic hydroxyl groups is 1. The minimum Gasteiger partial charge on any atom is -0.507 e. The molecule has 1 heterocycles. The van der Waals surface area contributed by atoms with Crippen molar-refractivity contribution in [2.24, 2.45) is 0 Å². The summed E-state index contributed by atoms with van der Waals surface area (Å²) in [5.74, 6) is 1.54. The van der Waals surface area contributed by atoms with Crippen molar-refractivity contribution in [3.05, 3.63) is 64.0 Å². The smallest absolute Gasteiger partial charge is 0.150 e. The van der Waals surface area contributed by atoms with Gasteiger partial charge in [0.2, 0.25) is 0 Å². The van der Waals surface area contributed by atoms with Gasteiger partial charge in [0.1, 0.15) is 17.2 Å². The Hall–Kier alpha value is -3.05. The van der Waals surface area contributed by atoms with Gasteiger partial charge in [-0.1, -0.05) is 47.6 Å². The first kappa shape index (κ1) is 25.6. The number of carbonyl (C=O) groups is 1. The van der Waals surface area contributed by atoms with Gasteiger partial charge in [-0.2, -0.15) is 0 Å². The fraction of sp³-hybridized carbons (Fsp3) is 0.345. The van der Waals surface area contributed by atoms with E-state index in [0.29, 0.717) is 22.6 Å². The Morgan fingerprint density at radius 2 is 1.56 bits per heavy atom. The zero-order valence-electron chi connectivity index (χ0n) is 21.3. The number of rotatable bonds is 6. The van der Waals surface area contributed by atoms with E-state index in [4.69, 9.17) is 9.47 Å². The number of thiophene rings is 1. The second-order valence-electron chi connectivity index (χ2n) is 10.4. The van der Waals surface area contributed by atoms with E-state index in [2.05, 4.69) is 41.5 Å². The Morgan fingerprint density at radius 1 is 0.941 bits per heavy atom. The number of hydrogen-bond acceptors (Lipinski definition) is 5. The molecule has 0 fully saturated rings. The molecule has 0 saturated carbocycles. The molecule has 3 rings (SSSR count). The van der Waals surface area contributed by atoms with Crippen LogP contribution in [0.4, 0.5) is 0 Å². The monoisotopic (exact) mass is 478 g/mol. The lowest BCUT2D eigenvalue weighted by atomic mass is 9.77. The summed E-state index contributed by atoms with van der Waals surface area (Å²) in [5, 5.41) is 13.1. The van der Waals surface area contributed by atoms with Crippen molar-refractivity contribution in [1.29, 1.82) is 0 Å². The van der Waals surface area contributed by atoms with Crippen LogP contribution in [0.3, 0.4) is 0 Å². The largest absolute Gasteiger partial charge is 0.507 e. The van der Waals surface area contributed by atoms with Gasteiger partial charge in [-0.25, -0.2) is 0 Å². The maximum absolute atomic E-state index is 12.4. The molecule has 0 spiro atoms. The zero-order valence-corrected chi connectivity index (χ0v) is 22.1. The molecule has 180 valence electrons. The highest BCUT2D eigenvalue weighted by Crippen LogP contribution is 2.44. The summed E-state index contributed by atoms with van der Waals surface area (Å²) in [4.78, 5) is 13.5. The molecule has 1 aromatic heterocycles. The number of phenols is 1. The average Bonchev–Trinajstić information content (AvgIpc) is 3.30. The number of hydrogen-bond donors (Lipinski definition) is 1. The van der Waals surface area contributed by atoms with Crippen molar-refractivity contribution in [3.8, 4) is 27.7 Å². The lowest BCUT2D eigenvalue weighted by Crippen LogP contribution is -2.18. The second-order valence-corrected chi connectivity index (χ2v) is 11.3. The van der Waals surface area contributed by atoms with Crippen LogP contribution in [0.15, 0.2) is 41.8 Å². The van der Waals surface area contributed by atoms with E-state index < -0.39 is 0 Å². The van der Waals surface area contributed by atoms with Gasteiger partial charge in [0.15, 0.2) is 6.29 Å². The van der Waals surface area contributed by atoms with Crippen LogP contribution < -0.4 is 9.47 Å². The molecule has 0 aliphatic rings. The van der Waals surface area contributed by atoms with E-state index >= 15 is 0 Å². The van der Waals surface area contributed by atoms with Gasteiger partial charge in [0.05, 0.1) is 19.8 Å². The van der Waals surface area contributed by atoms with Crippen LogP contribution in [0.25, 0.3) is 22.1 Å². The third-order valence-electron chi connectivity index (χ3n) is 5.85. The van der Waals surface area contributed by atoms with E-state index in [1.807, 2.05) is 47.9 Å². The standard InChI is InChI=1S/C29H34O4S/c1-28(2,3)22-15-18(16-23(26(22)31)29(4,5)6)19(17-30)14-21-24(32-7)12-11-20(27(21)33-8)25-10-9-13-34-25/h9-17,31H,1-8H3/b19-14+. The van der Waals surface area contributed by atoms with Crippen LogP contribution in [0.1, 0.15) is 63.8 Å². The van der Waals surface area contributed by atoms with E-state index in [-0.39, 0.29) is 16.6 Å². The van der Waals surface area contributed by atoms with Crippen LogP contribution in [-0.4, -0.2) is 25.6 Å². The van der Waals surface area contributed by atoms with Crippen LogP contribution in [0.5, 0.6) is 17.2 Å². The average molecular weight is 479 g/mol. The molecule has 0 atom stereocenters. The number of benzene rings is 2. The molecule has 1 N–H and O–H groups in total. The highest BCUT2D eigenvalue weighted by Gasteiger charge is 2.27. The number of allylic oxidation sites excluding steroid dienone is 1. The Balaban J connectivity index is 2.32. The second kappa shape index (κ2) is 9.67. The van der Waals surface area contributed by atoms with E-state index in [1.165, 1.54) is 0 Å². The Kier molecular flexibility index (Phi) is 7.27. The molecule has 2 aromatic carbocycles. The summed E-state index contributed by atoms with van der Waals surface area (Å²) < 4.78 is 11.5. The van der Waals surface area contributed by atoms with Crippen molar-refractivity contribution in [2.75, 3.05) is 14.2 Å². The molecule has 0 aliphatic carbocycles. The van der Waals surface area contributed by atoms with Crippen molar-refractivity contribution < 1.29 is 19.4 Å². The predicted molar refractivity (Wildman–Crippen MR) is 142 cm³/mol. The van der Waals surface area contributed by atoms with Crippen LogP contribution >= 0.6 is 11.3 Å². The fourth-order valence-corrected chi connectivity index (χ4v) is 4.78. The van der Waals surface area contributed by atoms with Gasteiger partial charge in [-0.05, 0) is 58.2 Å². The zero-order chi connectivity index (χ0) is 25.3. The first-order valence-electron chi connectivity index (χ1n) is 11.3. The number of aldehydes is 1. The molecule has 4 nitrogen and oxygen atoms in total. The van der Waals surface area contributed by atoms with Gasteiger partial charge < -0.3 is 14.6 Å². The summed E-state index contributed by atoms with van der Waals surface area (Å²) in [5.41, 5.74) is 3.85. The first-order chi connectivity index (χ1) is 15.9. The third kappa shape index (κ3) is 5.05. The quantitative estimate of drug-likeness (QED) is 0.227. The van der Waals surface area contributed by atoms with Gasteiger partial charge in [-0.3, -0.25) is 4.79 Å². The molecule has 0 bridgehead atoms. The normalized spacial score (nSPS) is 12.5. The van der Waals surface area contributed by atoms with Gasteiger partial charge >= 0.3 is 0 Å². The summed E-state index contributed by atoms with van der Waals surface area (Å²) in [7, 11) is 3.23. The maximum atomic E-state index is 12.4. The van der Waals surface area contributed by atoms with Crippen molar-refractivity contribution in [3.63, 3.8) is 0 Å². The summed E-state index contributed by atoms with van der Waals surface area (Å²) in [6.07, 6.45) is 2.66. The van der Waals surface area contributed by atoms with Crippen molar-refractivity contribution >= 4 is 29.3 Å². The Labute approximate surface area is 206 Å². The molecule has 0 amide bonds. The highest BCUT2D eigenvalue weighted by molar-refractivity contribution is 7.13. The number of carbonyl (C=O) groups excluding carboxylic acids is 1. The topological polar surface area (TPSA) is 55.8 Å². The Morgan fingerprint density at radius 3 is 2.00 bits per heavy atom. The van der Waals surface area contributed by atoms with E-state index in [0.717, 1.165) is 33.4 Å². The lowest BCUT2D eigenvalue weighted by Gasteiger charge is -2.28. The Bertz CT molecular complexity index is 1170. The molecule has 0 unspecified atom stereocenters. The first-order valence-corrected chi connectivity index (χ1v) is 12.1. The molecule has 5 heteroatoms. The van der Waals surface area contributed by atoms with Crippen LogP contribution in [-0.2, 0) is 15.6 Å². The number of ether oxygens (including phenoxy) is 2. The third-order valence-corrected chi connectivity index (χ3v) is 6.76. The van der Waals surface area contributed by atoms with Crippen molar-refractivity contribution in [1.82, 2.24) is 0 Å². The molecule has 0 saturated heterocycles. The molecule has 3 aromatic rings. The van der Waals surface area contributed by atoms with Crippen LogP contribution in [0, 0.1) is 0 Å². The minimum absolute atomic E-state index is 0.281. The summed E-state index contributed by atoms with van der Waals surface area (Å²) in [6, 6.07) is 11.7. The number of phenolic OH excluding ortho intramolecular Hbond substituents is 1. The predicted octanol–water partition coefficient (Wildman–Crippen LogP) is 7.47. The molecule has 34 heavy (non-hydrogen) atoms. The summed E-state index contributed by atoms with van der Waals surface area (Å²) >= 11 is 1.62. The molecular weight excluding hydrogens is 444 g/mol. The van der Waals surface area contributed by atoms with E-state index in [1.54, 1.807) is 25.6 Å². The molecular formula is C29H34O4S. The minimum atomic E-state index is -0.303. The van der Waals surface area contributed by atoms with E-state index in [9.17, 15) is 9.90 Å². The number of methoxy groups -OCH3 is 2. The maximum Gasteiger partial charge on any atom is 0.150 e. The van der Waals surface area contributed by atoms with Gasteiger partial charge in [0.25, 0.3) is 0 Å². The fourth-order valence-electron chi connectivity index (χ4n) is 4.03. The SMILES string of the molecule is COc1ccc(-c2cccs2)c(OC)c1/C=C(\C=O)c1cc(C(C)(C)C)c(O)c(C(C)(C)C)c1. The van der Waals surface area contributed by atoms with Gasteiger partial charge in [0, 0.05) is 27.1 Å². The van der Waals surface area contributed by atoms with Crippen LogP contribution in [0.2, 0.25) is 0 Å². The molecule has 0 aliphatic heterocycles. The van der Waals surface area contributed by atoms with Gasteiger partial charge in [-0.15, -0.1) is 11.3 Å². The summed E-state index contributed by atoms with van der Waals surface area (Å²) in [6.45, 7) is 12.3. The molecule has 0 radical (unpaired) electrons. The van der Waals surface area contributed by atoms with Crippen molar-refractivity contribution in [2.45, 2.75) is 52.4 Å². The highest BCUT2D eigenvalue weighted by atomic mass is 32.1.